The number of carbonyl (C=O) groups is 1. The lowest BCUT2D eigenvalue weighted by atomic mass is 10.0. The van der Waals surface area contributed by atoms with Crippen molar-refractivity contribution in [2.24, 2.45) is 0 Å². The van der Waals surface area contributed by atoms with Crippen LogP contribution >= 0.6 is 0 Å². The van der Waals surface area contributed by atoms with Crippen LogP contribution in [0.1, 0.15) is 37.3 Å². The minimum atomic E-state index is 0.240. The first kappa shape index (κ1) is 12.7. The molecule has 2 aliphatic heterocycles. The topological polar surface area (TPSA) is 32.3 Å². The number of fused-ring (bicyclic) bond motifs is 1. The summed E-state index contributed by atoms with van der Waals surface area (Å²) in [7, 11) is 0. The highest BCUT2D eigenvalue weighted by Crippen LogP contribution is 2.30. The second-order valence-electron chi connectivity index (χ2n) is 5.61. The van der Waals surface area contributed by atoms with E-state index in [-0.39, 0.29) is 5.91 Å². The van der Waals surface area contributed by atoms with Gasteiger partial charge in [-0.25, -0.2) is 0 Å². The number of hydrogen-bond donors (Lipinski definition) is 1. The summed E-state index contributed by atoms with van der Waals surface area (Å²) < 4.78 is 0. The van der Waals surface area contributed by atoms with Gasteiger partial charge in [0.1, 0.15) is 0 Å². The van der Waals surface area contributed by atoms with Crippen LogP contribution in [0.4, 0.5) is 5.69 Å². The highest BCUT2D eigenvalue weighted by molar-refractivity contribution is 5.95. The fourth-order valence-electron chi connectivity index (χ4n) is 3.25. The van der Waals surface area contributed by atoms with Crippen LogP contribution in [0.2, 0.25) is 0 Å². The van der Waals surface area contributed by atoms with Crippen LogP contribution in [0.5, 0.6) is 0 Å². The summed E-state index contributed by atoms with van der Waals surface area (Å²) in [4.78, 5) is 13.8. The molecule has 3 heteroatoms. The number of nitrogens with zero attached hydrogens (tertiary/aromatic N) is 1. The van der Waals surface area contributed by atoms with Gasteiger partial charge in [0.05, 0.1) is 0 Å². The van der Waals surface area contributed by atoms with Crippen LogP contribution in [0.25, 0.3) is 0 Å². The highest BCUT2D eigenvalue weighted by Gasteiger charge is 2.24. The highest BCUT2D eigenvalue weighted by atomic mass is 16.2. The third-order valence-corrected chi connectivity index (χ3v) is 4.29. The molecule has 0 spiro atoms. The molecule has 1 amide bonds. The molecule has 1 unspecified atom stereocenters. The standard InChI is InChI=1S/C16H22N2O/c1-2-16(19)18-9-7-13-10-12(5-6-15(13)18)11-14-4-3-8-17-14/h5-6,10,14,17H,2-4,7-9,11H2,1H3. The summed E-state index contributed by atoms with van der Waals surface area (Å²) in [5, 5.41) is 3.54. The van der Waals surface area contributed by atoms with Gasteiger partial charge >= 0.3 is 0 Å². The van der Waals surface area contributed by atoms with Gasteiger partial charge in [0.15, 0.2) is 0 Å². The van der Waals surface area contributed by atoms with Crippen molar-refractivity contribution in [3.8, 4) is 0 Å². The number of carbonyl (C=O) groups excluding carboxylic acids is 1. The zero-order chi connectivity index (χ0) is 13.2. The van der Waals surface area contributed by atoms with Gasteiger partial charge in [0.25, 0.3) is 0 Å². The molecule has 2 aliphatic rings. The van der Waals surface area contributed by atoms with Gasteiger partial charge < -0.3 is 10.2 Å². The fourth-order valence-corrected chi connectivity index (χ4v) is 3.25. The first-order chi connectivity index (χ1) is 9.28. The molecular formula is C16H22N2O. The van der Waals surface area contributed by atoms with E-state index in [4.69, 9.17) is 0 Å². The van der Waals surface area contributed by atoms with E-state index in [1.165, 1.54) is 24.0 Å². The van der Waals surface area contributed by atoms with Crippen LogP contribution in [0, 0.1) is 0 Å². The summed E-state index contributed by atoms with van der Waals surface area (Å²) in [5.74, 6) is 0.240. The van der Waals surface area contributed by atoms with Gasteiger partial charge in [-0.1, -0.05) is 19.1 Å². The summed E-state index contributed by atoms with van der Waals surface area (Å²) in [6, 6.07) is 7.28. The first-order valence-electron chi connectivity index (χ1n) is 7.43. The van der Waals surface area contributed by atoms with Crippen molar-refractivity contribution in [1.29, 1.82) is 0 Å². The normalized spacial score (nSPS) is 21.7. The van der Waals surface area contributed by atoms with E-state index < -0.39 is 0 Å². The van der Waals surface area contributed by atoms with E-state index in [0.29, 0.717) is 12.5 Å². The Kier molecular flexibility index (Phi) is 3.56. The molecule has 2 heterocycles. The number of hydrogen-bond acceptors (Lipinski definition) is 2. The maximum absolute atomic E-state index is 11.9. The van der Waals surface area contributed by atoms with Crippen molar-refractivity contribution in [3.05, 3.63) is 29.3 Å². The molecule has 1 aromatic carbocycles. The van der Waals surface area contributed by atoms with Gasteiger partial charge in [-0.15, -0.1) is 0 Å². The number of amides is 1. The molecule has 3 nitrogen and oxygen atoms in total. The molecule has 102 valence electrons. The molecular weight excluding hydrogens is 236 g/mol. The quantitative estimate of drug-likeness (QED) is 0.902. The summed E-state index contributed by atoms with van der Waals surface area (Å²) in [5.41, 5.74) is 3.89. The second kappa shape index (κ2) is 5.33. The van der Waals surface area contributed by atoms with E-state index in [1.807, 2.05) is 11.8 Å². The van der Waals surface area contributed by atoms with Gasteiger partial charge in [-0.05, 0) is 49.4 Å². The van der Waals surface area contributed by atoms with Gasteiger partial charge in [-0.3, -0.25) is 4.79 Å². The molecule has 0 saturated carbocycles. The predicted molar refractivity (Wildman–Crippen MR) is 77.5 cm³/mol. The monoisotopic (exact) mass is 258 g/mol. The minimum absolute atomic E-state index is 0.240. The van der Waals surface area contributed by atoms with Crippen LogP contribution in [0.3, 0.4) is 0 Å². The third kappa shape index (κ3) is 2.52. The number of rotatable bonds is 3. The van der Waals surface area contributed by atoms with Crippen molar-refractivity contribution in [2.75, 3.05) is 18.0 Å². The predicted octanol–water partition coefficient (Wildman–Crippen LogP) is 2.28. The Balaban J connectivity index is 1.75. The molecule has 1 aromatic rings. The Morgan fingerprint density at radius 3 is 3.11 bits per heavy atom. The lowest BCUT2D eigenvalue weighted by Crippen LogP contribution is -2.27. The molecule has 3 rings (SSSR count). The molecule has 1 N–H and O–H groups in total. The molecule has 19 heavy (non-hydrogen) atoms. The number of anilines is 1. The third-order valence-electron chi connectivity index (χ3n) is 4.29. The second-order valence-corrected chi connectivity index (χ2v) is 5.61. The molecule has 1 fully saturated rings. The van der Waals surface area contributed by atoms with Gasteiger partial charge in [-0.2, -0.15) is 0 Å². The Labute approximate surface area is 115 Å². The van der Waals surface area contributed by atoms with Crippen molar-refractivity contribution in [1.82, 2.24) is 5.32 Å². The van der Waals surface area contributed by atoms with Crippen LogP contribution < -0.4 is 10.2 Å². The van der Waals surface area contributed by atoms with E-state index >= 15 is 0 Å². The fraction of sp³-hybridized carbons (Fsp3) is 0.562. The van der Waals surface area contributed by atoms with E-state index in [1.54, 1.807) is 0 Å². The average molecular weight is 258 g/mol. The molecule has 0 aromatic heterocycles. The Bertz CT molecular complexity index is 478. The van der Waals surface area contributed by atoms with E-state index in [2.05, 4.69) is 23.5 Å². The molecule has 1 saturated heterocycles. The van der Waals surface area contributed by atoms with Crippen molar-refractivity contribution in [3.63, 3.8) is 0 Å². The van der Waals surface area contributed by atoms with Crippen LogP contribution in [0.15, 0.2) is 18.2 Å². The summed E-state index contributed by atoms with van der Waals surface area (Å²) in [6.07, 6.45) is 5.31. The van der Waals surface area contributed by atoms with E-state index in [0.717, 1.165) is 31.6 Å². The maximum atomic E-state index is 11.9. The largest absolute Gasteiger partial charge is 0.314 e. The molecule has 0 bridgehead atoms. The summed E-state index contributed by atoms with van der Waals surface area (Å²) in [6.45, 7) is 3.95. The summed E-state index contributed by atoms with van der Waals surface area (Å²) >= 11 is 0. The average Bonchev–Trinajstić information content (AvgIpc) is 3.06. The number of nitrogens with one attached hydrogen (secondary N) is 1. The van der Waals surface area contributed by atoms with Crippen LogP contribution in [-0.2, 0) is 17.6 Å². The first-order valence-corrected chi connectivity index (χ1v) is 7.43. The van der Waals surface area contributed by atoms with Crippen LogP contribution in [-0.4, -0.2) is 25.0 Å². The lowest BCUT2D eigenvalue weighted by Gasteiger charge is -2.17. The number of benzene rings is 1. The smallest absolute Gasteiger partial charge is 0.226 e. The van der Waals surface area contributed by atoms with E-state index in [9.17, 15) is 4.79 Å². The zero-order valence-electron chi connectivity index (χ0n) is 11.6. The Hall–Kier alpha value is -1.35. The maximum Gasteiger partial charge on any atom is 0.226 e. The lowest BCUT2D eigenvalue weighted by molar-refractivity contribution is -0.118. The van der Waals surface area contributed by atoms with Crippen molar-refractivity contribution < 1.29 is 4.79 Å². The molecule has 0 aliphatic carbocycles. The SMILES string of the molecule is CCC(=O)N1CCc2cc(CC3CCCN3)ccc21. The van der Waals surface area contributed by atoms with Gasteiger partial charge in [0.2, 0.25) is 5.91 Å². The minimum Gasteiger partial charge on any atom is -0.314 e. The van der Waals surface area contributed by atoms with Crippen molar-refractivity contribution >= 4 is 11.6 Å². The Morgan fingerprint density at radius 1 is 1.47 bits per heavy atom. The Morgan fingerprint density at radius 2 is 2.37 bits per heavy atom. The van der Waals surface area contributed by atoms with Gasteiger partial charge in [0, 0.05) is 24.7 Å². The molecule has 0 radical (unpaired) electrons. The zero-order valence-corrected chi connectivity index (χ0v) is 11.6. The molecule has 1 atom stereocenters. The van der Waals surface area contributed by atoms with Crippen molar-refractivity contribution in [2.45, 2.75) is 45.1 Å².